The maximum atomic E-state index is 11.8. The summed E-state index contributed by atoms with van der Waals surface area (Å²) in [5, 5.41) is 5.26. The molecule has 0 aliphatic carbocycles. The Morgan fingerprint density at radius 2 is 1.54 bits per heavy atom. The van der Waals surface area contributed by atoms with Crippen LogP contribution >= 0.6 is 11.8 Å². The molecule has 0 spiro atoms. The standard InChI is InChI=1S/C19H20N2O4S/c1-14(22)20-15-7-9-16(10-8-15)21-18(23)13-25-19(24)11-12-26-17-5-3-2-4-6-17/h2-10H,11-13H2,1H3,(H,20,22)(H,21,23). The number of nitrogens with one attached hydrogen (secondary N) is 2. The fourth-order valence-corrected chi connectivity index (χ4v) is 2.88. The Hall–Kier alpha value is -2.80. The molecule has 0 aromatic heterocycles. The zero-order valence-corrected chi connectivity index (χ0v) is 15.2. The van der Waals surface area contributed by atoms with Crippen molar-refractivity contribution in [1.82, 2.24) is 0 Å². The summed E-state index contributed by atoms with van der Waals surface area (Å²) in [6, 6.07) is 16.4. The van der Waals surface area contributed by atoms with Crippen molar-refractivity contribution in [2.45, 2.75) is 18.2 Å². The molecule has 6 nitrogen and oxygen atoms in total. The first kappa shape index (κ1) is 19.5. The minimum atomic E-state index is -0.415. The number of thioether (sulfide) groups is 1. The molecular formula is C19H20N2O4S. The van der Waals surface area contributed by atoms with E-state index in [2.05, 4.69) is 10.6 Å². The van der Waals surface area contributed by atoms with Gasteiger partial charge in [-0.15, -0.1) is 11.8 Å². The molecule has 0 aliphatic heterocycles. The third kappa shape index (κ3) is 7.40. The van der Waals surface area contributed by atoms with Crippen molar-refractivity contribution in [3.63, 3.8) is 0 Å². The SMILES string of the molecule is CC(=O)Nc1ccc(NC(=O)COC(=O)CCSc2ccccc2)cc1. The zero-order chi connectivity index (χ0) is 18.8. The van der Waals surface area contributed by atoms with Crippen LogP contribution in [0.1, 0.15) is 13.3 Å². The second-order valence-corrected chi connectivity index (χ2v) is 6.55. The molecule has 7 heteroatoms. The zero-order valence-electron chi connectivity index (χ0n) is 14.4. The molecule has 0 unspecified atom stereocenters. The lowest BCUT2D eigenvalue weighted by atomic mass is 10.2. The van der Waals surface area contributed by atoms with Crippen LogP contribution in [0.3, 0.4) is 0 Å². The fraction of sp³-hybridized carbons (Fsp3) is 0.211. The summed E-state index contributed by atoms with van der Waals surface area (Å²) < 4.78 is 4.97. The Balaban J connectivity index is 1.66. The van der Waals surface area contributed by atoms with Crippen LogP contribution < -0.4 is 10.6 Å². The Labute approximate surface area is 156 Å². The topological polar surface area (TPSA) is 84.5 Å². The van der Waals surface area contributed by atoms with Crippen LogP contribution in [0.15, 0.2) is 59.5 Å². The predicted molar refractivity (Wildman–Crippen MR) is 102 cm³/mol. The number of benzene rings is 2. The number of amides is 2. The predicted octanol–water partition coefficient (Wildman–Crippen LogP) is 3.31. The largest absolute Gasteiger partial charge is 0.456 e. The number of carbonyl (C=O) groups excluding carboxylic acids is 3. The van der Waals surface area contributed by atoms with Crippen LogP contribution in [0, 0.1) is 0 Å². The molecule has 2 amide bonds. The minimum absolute atomic E-state index is 0.167. The molecular weight excluding hydrogens is 352 g/mol. The van der Waals surface area contributed by atoms with Crippen molar-refractivity contribution < 1.29 is 19.1 Å². The van der Waals surface area contributed by atoms with Crippen LogP contribution in [0.25, 0.3) is 0 Å². The Kier molecular flexibility index (Phi) is 7.70. The second kappa shape index (κ2) is 10.2. The number of esters is 1. The Morgan fingerprint density at radius 1 is 0.923 bits per heavy atom. The monoisotopic (exact) mass is 372 g/mol. The molecule has 2 aromatic rings. The molecule has 26 heavy (non-hydrogen) atoms. The van der Waals surface area contributed by atoms with Crippen LogP contribution in [0.4, 0.5) is 11.4 Å². The minimum Gasteiger partial charge on any atom is -0.456 e. The Morgan fingerprint density at radius 3 is 2.15 bits per heavy atom. The fourth-order valence-electron chi connectivity index (χ4n) is 2.02. The molecule has 0 aliphatic rings. The number of ether oxygens (including phenoxy) is 1. The first-order valence-corrected chi connectivity index (χ1v) is 9.02. The molecule has 2 N–H and O–H groups in total. The van der Waals surface area contributed by atoms with Crippen molar-refractivity contribution in [3.05, 3.63) is 54.6 Å². The highest BCUT2D eigenvalue weighted by Gasteiger charge is 2.08. The smallest absolute Gasteiger partial charge is 0.307 e. The maximum Gasteiger partial charge on any atom is 0.307 e. The van der Waals surface area contributed by atoms with E-state index in [0.29, 0.717) is 17.1 Å². The molecule has 0 heterocycles. The lowest BCUT2D eigenvalue weighted by Crippen LogP contribution is -2.21. The Bertz CT molecular complexity index is 748. The summed E-state index contributed by atoms with van der Waals surface area (Å²) in [6.45, 7) is 1.09. The van der Waals surface area contributed by atoms with Gasteiger partial charge in [0.15, 0.2) is 6.61 Å². The molecule has 0 saturated carbocycles. The molecule has 2 aromatic carbocycles. The van der Waals surface area contributed by atoms with E-state index in [-0.39, 0.29) is 18.9 Å². The van der Waals surface area contributed by atoms with Crippen LogP contribution in [-0.4, -0.2) is 30.1 Å². The van der Waals surface area contributed by atoms with Crippen LogP contribution in [-0.2, 0) is 19.1 Å². The van der Waals surface area contributed by atoms with E-state index in [0.717, 1.165) is 4.90 Å². The summed E-state index contributed by atoms with van der Waals surface area (Å²) >= 11 is 1.56. The van der Waals surface area contributed by atoms with E-state index in [9.17, 15) is 14.4 Å². The third-order valence-electron chi connectivity index (χ3n) is 3.17. The van der Waals surface area contributed by atoms with Crippen molar-refractivity contribution in [2.75, 3.05) is 23.0 Å². The van der Waals surface area contributed by atoms with Gasteiger partial charge < -0.3 is 15.4 Å². The van der Waals surface area contributed by atoms with E-state index < -0.39 is 11.9 Å². The average molecular weight is 372 g/mol. The molecule has 136 valence electrons. The van der Waals surface area contributed by atoms with Gasteiger partial charge in [0.05, 0.1) is 6.42 Å². The number of carbonyl (C=O) groups is 3. The number of hydrogen-bond donors (Lipinski definition) is 2. The first-order valence-electron chi connectivity index (χ1n) is 8.04. The van der Waals surface area contributed by atoms with Gasteiger partial charge in [-0.3, -0.25) is 14.4 Å². The van der Waals surface area contributed by atoms with E-state index >= 15 is 0 Å². The first-order chi connectivity index (χ1) is 12.5. The van der Waals surface area contributed by atoms with E-state index in [1.807, 2.05) is 30.3 Å². The van der Waals surface area contributed by atoms with Gasteiger partial charge in [0.2, 0.25) is 5.91 Å². The molecule has 0 atom stereocenters. The van der Waals surface area contributed by atoms with Crippen LogP contribution in [0.5, 0.6) is 0 Å². The maximum absolute atomic E-state index is 11.8. The van der Waals surface area contributed by atoms with Gasteiger partial charge in [-0.05, 0) is 36.4 Å². The third-order valence-corrected chi connectivity index (χ3v) is 4.19. The molecule has 2 rings (SSSR count). The quantitative estimate of drug-likeness (QED) is 0.549. The van der Waals surface area contributed by atoms with Gasteiger partial charge in [0.1, 0.15) is 0 Å². The lowest BCUT2D eigenvalue weighted by Gasteiger charge is -2.08. The summed E-state index contributed by atoms with van der Waals surface area (Å²) in [4.78, 5) is 35.5. The van der Waals surface area contributed by atoms with Gasteiger partial charge in [0, 0.05) is 28.9 Å². The van der Waals surface area contributed by atoms with Crippen molar-refractivity contribution in [1.29, 1.82) is 0 Å². The van der Waals surface area contributed by atoms with Gasteiger partial charge in [-0.1, -0.05) is 18.2 Å². The van der Waals surface area contributed by atoms with Crippen molar-refractivity contribution in [3.8, 4) is 0 Å². The average Bonchev–Trinajstić information content (AvgIpc) is 2.62. The van der Waals surface area contributed by atoms with Crippen molar-refractivity contribution in [2.24, 2.45) is 0 Å². The van der Waals surface area contributed by atoms with Crippen molar-refractivity contribution >= 4 is 40.9 Å². The highest BCUT2D eigenvalue weighted by atomic mass is 32.2. The van der Waals surface area contributed by atoms with E-state index in [4.69, 9.17) is 4.74 Å². The number of anilines is 2. The van der Waals surface area contributed by atoms with Gasteiger partial charge in [0.25, 0.3) is 5.91 Å². The van der Waals surface area contributed by atoms with Crippen LogP contribution in [0.2, 0.25) is 0 Å². The molecule has 0 saturated heterocycles. The summed E-state index contributed by atoms with van der Waals surface area (Å²) in [5.41, 5.74) is 1.19. The summed E-state index contributed by atoms with van der Waals surface area (Å²) in [5.74, 6) is -0.403. The lowest BCUT2D eigenvalue weighted by molar-refractivity contribution is -0.146. The number of rotatable bonds is 8. The summed E-state index contributed by atoms with van der Waals surface area (Å²) in [7, 11) is 0. The number of hydrogen-bond acceptors (Lipinski definition) is 5. The van der Waals surface area contributed by atoms with E-state index in [1.165, 1.54) is 6.92 Å². The highest BCUT2D eigenvalue weighted by Crippen LogP contribution is 2.18. The van der Waals surface area contributed by atoms with Gasteiger partial charge in [-0.25, -0.2) is 0 Å². The highest BCUT2D eigenvalue weighted by molar-refractivity contribution is 7.99. The second-order valence-electron chi connectivity index (χ2n) is 5.38. The van der Waals surface area contributed by atoms with Gasteiger partial charge >= 0.3 is 5.97 Å². The van der Waals surface area contributed by atoms with E-state index in [1.54, 1.807) is 36.0 Å². The molecule has 0 bridgehead atoms. The molecule has 0 radical (unpaired) electrons. The normalized spacial score (nSPS) is 10.0. The summed E-state index contributed by atoms with van der Waals surface area (Å²) in [6.07, 6.45) is 0.234. The van der Waals surface area contributed by atoms with Gasteiger partial charge in [-0.2, -0.15) is 0 Å². The molecule has 0 fully saturated rings.